The van der Waals surface area contributed by atoms with E-state index in [2.05, 4.69) is 37.7 Å². The first-order valence-electron chi connectivity index (χ1n) is 5.66. The van der Waals surface area contributed by atoms with Gasteiger partial charge in [-0.15, -0.1) is 0 Å². The summed E-state index contributed by atoms with van der Waals surface area (Å²) in [5, 5.41) is 0. The molecule has 0 amide bonds. The van der Waals surface area contributed by atoms with Gasteiger partial charge in [0.15, 0.2) is 0 Å². The summed E-state index contributed by atoms with van der Waals surface area (Å²) in [5.74, 6) is 0.783. The SMILES string of the molecule is CC1CN(C(C)CCN)CC1N(C)C. The Morgan fingerprint density at radius 2 is 2.07 bits per heavy atom. The van der Waals surface area contributed by atoms with Crippen LogP contribution in [0, 0.1) is 5.92 Å². The fraction of sp³-hybridized carbons (Fsp3) is 1.00. The molecule has 0 saturated carbocycles. The molecule has 14 heavy (non-hydrogen) atoms. The Labute approximate surface area is 88.2 Å². The molecular weight excluding hydrogens is 174 g/mol. The second-order valence-corrected chi connectivity index (χ2v) is 4.89. The van der Waals surface area contributed by atoms with Gasteiger partial charge in [-0.1, -0.05) is 6.92 Å². The molecule has 2 N–H and O–H groups in total. The molecule has 0 radical (unpaired) electrons. The van der Waals surface area contributed by atoms with E-state index in [1.807, 2.05) is 0 Å². The highest BCUT2D eigenvalue weighted by molar-refractivity contribution is 4.88. The quantitative estimate of drug-likeness (QED) is 0.720. The normalized spacial score (nSPS) is 31.3. The molecular formula is C11H25N3. The predicted molar refractivity (Wildman–Crippen MR) is 61.3 cm³/mol. The molecule has 3 heteroatoms. The van der Waals surface area contributed by atoms with Crippen molar-refractivity contribution in [3.63, 3.8) is 0 Å². The van der Waals surface area contributed by atoms with Crippen molar-refractivity contribution in [2.75, 3.05) is 33.7 Å². The lowest BCUT2D eigenvalue weighted by Gasteiger charge is -2.25. The van der Waals surface area contributed by atoms with Gasteiger partial charge in [-0.25, -0.2) is 0 Å². The monoisotopic (exact) mass is 199 g/mol. The first-order chi connectivity index (χ1) is 6.56. The summed E-state index contributed by atoms with van der Waals surface area (Å²) in [6.45, 7) is 7.87. The molecule has 1 fully saturated rings. The summed E-state index contributed by atoms with van der Waals surface area (Å²) >= 11 is 0. The van der Waals surface area contributed by atoms with E-state index >= 15 is 0 Å². The standard InChI is InChI=1S/C11H25N3/c1-9-7-14(10(2)5-6-12)8-11(9)13(3)4/h9-11H,5-8,12H2,1-4H3. The first-order valence-corrected chi connectivity index (χ1v) is 5.66. The van der Waals surface area contributed by atoms with Crippen molar-refractivity contribution in [1.29, 1.82) is 0 Å². The third kappa shape index (κ3) is 2.69. The molecule has 3 nitrogen and oxygen atoms in total. The number of nitrogens with two attached hydrogens (primary N) is 1. The Bertz CT molecular complexity index is 170. The van der Waals surface area contributed by atoms with Crippen molar-refractivity contribution in [3.05, 3.63) is 0 Å². The van der Waals surface area contributed by atoms with Crippen molar-refractivity contribution in [2.24, 2.45) is 11.7 Å². The van der Waals surface area contributed by atoms with Crippen LogP contribution in [0.5, 0.6) is 0 Å². The van der Waals surface area contributed by atoms with Gasteiger partial charge in [0.05, 0.1) is 0 Å². The number of hydrogen-bond donors (Lipinski definition) is 1. The van der Waals surface area contributed by atoms with E-state index in [0.717, 1.165) is 24.9 Å². The van der Waals surface area contributed by atoms with Crippen molar-refractivity contribution in [2.45, 2.75) is 32.4 Å². The number of likely N-dealkylation sites (tertiary alicyclic amines) is 1. The van der Waals surface area contributed by atoms with Crippen molar-refractivity contribution in [1.82, 2.24) is 9.80 Å². The van der Waals surface area contributed by atoms with Crippen LogP contribution in [-0.2, 0) is 0 Å². The van der Waals surface area contributed by atoms with Crippen LogP contribution in [0.25, 0.3) is 0 Å². The number of rotatable bonds is 4. The van der Waals surface area contributed by atoms with E-state index in [1.165, 1.54) is 13.1 Å². The summed E-state index contributed by atoms with van der Waals surface area (Å²) in [5.41, 5.74) is 5.59. The third-order valence-corrected chi connectivity index (χ3v) is 3.47. The molecule has 84 valence electrons. The molecule has 0 aliphatic carbocycles. The van der Waals surface area contributed by atoms with Gasteiger partial charge in [-0.2, -0.15) is 0 Å². The minimum absolute atomic E-state index is 0.646. The average Bonchev–Trinajstić information content (AvgIpc) is 2.48. The molecule has 1 aliphatic rings. The minimum atomic E-state index is 0.646. The van der Waals surface area contributed by atoms with Gasteiger partial charge < -0.3 is 10.6 Å². The maximum Gasteiger partial charge on any atom is 0.0254 e. The summed E-state index contributed by atoms with van der Waals surface area (Å²) in [7, 11) is 4.36. The Hall–Kier alpha value is -0.120. The van der Waals surface area contributed by atoms with Crippen LogP contribution in [-0.4, -0.2) is 55.6 Å². The van der Waals surface area contributed by atoms with Crippen LogP contribution in [0.15, 0.2) is 0 Å². The van der Waals surface area contributed by atoms with Crippen LogP contribution < -0.4 is 5.73 Å². The van der Waals surface area contributed by atoms with Crippen molar-refractivity contribution < 1.29 is 0 Å². The fourth-order valence-corrected chi connectivity index (χ4v) is 2.44. The van der Waals surface area contributed by atoms with E-state index in [1.54, 1.807) is 0 Å². The predicted octanol–water partition coefficient (Wildman–Crippen LogP) is 0.606. The van der Waals surface area contributed by atoms with Gasteiger partial charge in [0, 0.05) is 25.2 Å². The minimum Gasteiger partial charge on any atom is -0.330 e. The van der Waals surface area contributed by atoms with Crippen LogP contribution in [0.2, 0.25) is 0 Å². The van der Waals surface area contributed by atoms with E-state index < -0.39 is 0 Å². The zero-order valence-electron chi connectivity index (χ0n) is 10.0. The Morgan fingerprint density at radius 1 is 1.43 bits per heavy atom. The molecule has 0 aromatic heterocycles. The molecule has 0 bridgehead atoms. The highest BCUT2D eigenvalue weighted by Gasteiger charge is 2.32. The van der Waals surface area contributed by atoms with Gasteiger partial charge in [0.1, 0.15) is 0 Å². The van der Waals surface area contributed by atoms with Gasteiger partial charge in [-0.3, -0.25) is 4.90 Å². The summed E-state index contributed by atoms with van der Waals surface area (Å²) < 4.78 is 0. The zero-order chi connectivity index (χ0) is 10.7. The number of likely N-dealkylation sites (N-methyl/N-ethyl adjacent to an activating group) is 1. The Balaban J connectivity index is 2.45. The molecule has 1 rings (SSSR count). The smallest absolute Gasteiger partial charge is 0.0254 e. The van der Waals surface area contributed by atoms with E-state index in [4.69, 9.17) is 5.73 Å². The summed E-state index contributed by atoms with van der Waals surface area (Å²) in [6.07, 6.45) is 1.12. The second kappa shape index (κ2) is 5.10. The maximum absolute atomic E-state index is 5.59. The molecule has 1 heterocycles. The second-order valence-electron chi connectivity index (χ2n) is 4.89. The van der Waals surface area contributed by atoms with Gasteiger partial charge in [-0.05, 0) is 39.9 Å². The average molecular weight is 199 g/mol. The molecule has 3 atom stereocenters. The Morgan fingerprint density at radius 3 is 2.50 bits per heavy atom. The molecule has 0 aromatic carbocycles. The van der Waals surface area contributed by atoms with Crippen LogP contribution in [0.1, 0.15) is 20.3 Å². The molecule has 1 saturated heterocycles. The summed E-state index contributed by atoms with van der Waals surface area (Å²) in [6, 6.07) is 1.36. The van der Waals surface area contributed by atoms with Crippen LogP contribution in [0.3, 0.4) is 0 Å². The molecule has 0 aromatic rings. The maximum atomic E-state index is 5.59. The Kier molecular flexibility index (Phi) is 4.35. The zero-order valence-corrected chi connectivity index (χ0v) is 10.0. The third-order valence-electron chi connectivity index (χ3n) is 3.47. The van der Waals surface area contributed by atoms with E-state index in [9.17, 15) is 0 Å². The lowest BCUT2D eigenvalue weighted by atomic mass is 10.1. The van der Waals surface area contributed by atoms with Gasteiger partial charge in [0.25, 0.3) is 0 Å². The van der Waals surface area contributed by atoms with Gasteiger partial charge in [0.2, 0.25) is 0 Å². The lowest BCUT2D eigenvalue weighted by molar-refractivity contribution is 0.219. The van der Waals surface area contributed by atoms with Crippen LogP contribution in [0.4, 0.5) is 0 Å². The largest absolute Gasteiger partial charge is 0.330 e. The molecule has 3 unspecified atom stereocenters. The highest BCUT2D eigenvalue weighted by atomic mass is 15.3. The fourth-order valence-electron chi connectivity index (χ4n) is 2.44. The lowest BCUT2D eigenvalue weighted by Crippen LogP contribution is -2.37. The summed E-state index contributed by atoms with van der Waals surface area (Å²) in [4.78, 5) is 4.92. The van der Waals surface area contributed by atoms with Crippen molar-refractivity contribution >= 4 is 0 Å². The topological polar surface area (TPSA) is 32.5 Å². The first kappa shape index (κ1) is 12.0. The molecule has 0 spiro atoms. The van der Waals surface area contributed by atoms with Gasteiger partial charge >= 0.3 is 0 Å². The molecule has 1 aliphatic heterocycles. The van der Waals surface area contributed by atoms with E-state index in [0.29, 0.717) is 6.04 Å². The number of hydrogen-bond acceptors (Lipinski definition) is 3. The van der Waals surface area contributed by atoms with Crippen molar-refractivity contribution in [3.8, 4) is 0 Å². The van der Waals surface area contributed by atoms with E-state index in [-0.39, 0.29) is 0 Å². The highest BCUT2D eigenvalue weighted by Crippen LogP contribution is 2.22. The van der Waals surface area contributed by atoms with Crippen LogP contribution >= 0.6 is 0 Å². The number of nitrogens with zero attached hydrogens (tertiary/aromatic N) is 2.